The standard InChI is InChI=1S/C15H22N2O3/c1-2-20-14-6-5-13(8-11(14)9-18)17-15(19)10-3-4-12(16)7-10/h5-6,8,10,12,18H,2-4,7,9,16H2,1H3,(H,17,19). The predicted molar refractivity (Wildman–Crippen MR) is 77.5 cm³/mol. The van der Waals surface area contributed by atoms with Gasteiger partial charge in [-0.1, -0.05) is 0 Å². The summed E-state index contributed by atoms with van der Waals surface area (Å²) >= 11 is 0. The van der Waals surface area contributed by atoms with E-state index in [1.165, 1.54) is 0 Å². The van der Waals surface area contributed by atoms with Gasteiger partial charge in [-0.15, -0.1) is 0 Å². The molecule has 1 aromatic carbocycles. The van der Waals surface area contributed by atoms with Crippen LogP contribution in [0.2, 0.25) is 0 Å². The van der Waals surface area contributed by atoms with Crippen LogP contribution in [-0.2, 0) is 11.4 Å². The summed E-state index contributed by atoms with van der Waals surface area (Å²) in [6.45, 7) is 2.31. The number of hydrogen-bond acceptors (Lipinski definition) is 4. The number of rotatable bonds is 5. The monoisotopic (exact) mass is 278 g/mol. The molecule has 1 aliphatic carbocycles. The van der Waals surface area contributed by atoms with Crippen LogP contribution < -0.4 is 15.8 Å². The highest BCUT2D eigenvalue weighted by molar-refractivity contribution is 5.92. The lowest BCUT2D eigenvalue weighted by atomic mass is 10.1. The lowest BCUT2D eigenvalue weighted by molar-refractivity contribution is -0.119. The van der Waals surface area contributed by atoms with Gasteiger partial charge in [-0.05, 0) is 44.4 Å². The second kappa shape index (κ2) is 6.72. The zero-order valence-electron chi connectivity index (χ0n) is 11.8. The van der Waals surface area contributed by atoms with E-state index >= 15 is 0 Å². The highest BCUT2D eigenvalue weighted by Crippen LogP contribution is 2.27. The SMILES string of the molecule is CCOc1ccc(NC(=O)C2CCC(N)C2)cc1CO. The molecule has 0 radical (unpaired) electrons. The molecule has 2 unspecified atom stereocenters. The number of hydrogen-bond donors (Lipinski definition) is 3. The van der Waals surface area contributed by atoms with Gasteiger partial charge in [0.25, 0.3) is 0 Å². The second-order valence-corrected chi connectivity index (χ2v) is 5.17. The minimum absolute atomic E-state index is 0.00542. The van der Waals surface area contributed by atoms with Crippen LogP contribution in [0.25, 0.3) is 0 Å². The summed E-state index contributed by atoms with van der Waals surface area (Å²) < 4.78 is 5.41. The van der Waals surface area contributed by atoms with Crippen molar-refractivity contribution in [3.63, 3.8) is 0 Å². The van der Waals surface area contributed by atoms with E-state index in [9.17, 15) is 9.90 Å². The molecular formula is C15H22N2O3. The van der Waals surface area contributed by atoms with Crippen molar-refractivity contribution >= 4 is 11.6 Å². The Morgan fingerprint density at radius 1 is 1.50 bits per heavy atom. The van der Waals surface area contributed by atoms with Crippen molar-refractivity contribution in [1.82, 2.24) is 0 Å². The van der Waals surface area contributed by atoms with E-state index in [1.54, 1.807) is 18.2 Å². The van der Waals surface area contributed by atoms with E-state index < -0.39 is 0 Å². The molecule has 1 fully saturated rings. The molecule has 1 saturated carbocycles. The van der Waals surface area contributed by atoms with Crippen molar-refractivity contribution < 1.29 is 14.6 Å². The number of ether oxygens (including phenoxy) is 1. The van der Waals surface area contributed by atoms with Gasteiger partial charge in [-0.2, -0.15) is 0 Å². The molecule has 1 aromatic rings. The molecule has 0 aromatic heterocycles. The lowest BCUT2D eigenvalue weighted by Crippen LogP contribution is -2.23. The van der Waals surface area contributed by atoms with Gasteiger partial charge >= 0.3 is 0 Å². The molecule has 0 saturated heterocycles. The van der Waals surface area contributed by atoms with Crippen LogP contribution in [0.4, 0.5) is 5.69 Å². The molecule has 0 bridgehead atoms. The molecule has 0 aliphatic heterocycles. The van der Waals surface area contributed by atoms with Crippen LogP contribution >= 0.6 is 0 Å². The van der Waals surface area contributed by atoms with E-state index in [0.29, 0.717) is 23.6 Å². The van der Waals surface area contributed by atoms with Crippen LogP contribution in [0.15, 0.2) is 18.2 Å². The first-order valence-corrected chi connectivity index (χ1v) is 7.07. The molecule has 1 aliphatic rings. The maximum absolute atomic E-state index is 12.1. The molecule has 1 amide bonds. The number of nitrogens with one attached hydrogen (secondary N) is 1. The van der Waals surface area contributed by atoms with Gasteiger partial charge in [0.15, 0.2) is 0 Å². The maximum atomic E-state index is 12.1. The van der Waals surface area contributed by atoms with Gasteiger partial charge in [0.05, 0.1) is 13.2 Å². The Hall–Kier alpha value is -1.59. The van der Waals surface area contributed by atoms with Crippen LogP contribution in [-0.4, -0.2) is 23.7 Å². The summed E-state index contributed by atoms with van der Waals surface area (Å²) in [6.07, 6.45) is 2.50. The lowest BCUT2D eigenvalue weighted by Gasteiger charge is -2.13. The summed E-state index contributed by atoms with van der Waals surface area (Å²) in [6, 6.07) is 5.44. The molecule has 0 heterocycles. The van der Waals surface area contributed by atoms with E-state index in [2.05, 4.69) is 5.32 Å². The normalized spacial score (nSPS) is 21.8. The maximum Gasteiger partial charge on any atom is 0.227 e. The van der Waals surface area contributed by atoms with Crippen molar-refractivity contribution in [1.29, 1.82) is 0 Å². The van der Waals surface area contributed by atoms with Gasteiger partial charge < -0.3 is 20.9 Å². The summed E-state index contributed by atoms with van der Waals surface area (Å²) in [5.74, 6) is 0.649. The van der Waals surface area contributed by atoms with Crippen molar-refractivity contribution in [3.05, 3.63) is 23.8 Å². The topological polar surface area (TPSA) is 84.6 Å². The predicted octanol–water partition coefficient (Wildman–Crippen LogP) is 1.64. The first kappa shape index (κ1) is 14.8. The Bertz CT molecular complexity index is 476. The van der Waals surface area contributed by atoms with Gasteiger partial charge in [0, 0.05) is 23.2 Å². The quantitative estimate of drug-likeness (QED) is 0.764. The smallest absolute Gasteiger partial charge is 0.227 e. The Balaban J connectivity index is 2.04. The Morgan fingerprint density at radius 2 is 2.30 bits per heavy atom. The van der Waals surface area contributed by atoms with Crippen LogP contribution in [0, 0.1) is 5.92 Å². The molecule has 4 N–H and O–H groups in total. The fraction of sp³-hybridized carbons (Fsp3) is 0.533. The van der Waals surface area contributed by atoms with E-state index in [4.69, 9.17) is 10.5 Å². The van der Waals surface area contributed by atoms with Crippen molar-refractivity contribution in [2.75, 3.05) is 11.9 Å². The molecule has 2 rings (SSSR count). The number of benzene rings is 1. The highest BCUT2D eigenvalue weighted by Gasteiger charge is 2.27. The fourth-order valence-electron chi connectivity index (χ4n) is 2.58. The van der Waals surface area contributed by atoms with E-state index in [1.807, 2.05) is 6.92 Å². The summed E-state index contributed by atoms with van der Waals surface area (Å²) in [5, 5.41) is 12.2. The molecule has 20 heavy (non-hydrogen) atoms. The number of aliphatic hydroxyl groups is 1. The third kappa shape index (κ3) is 3.49. The first-order chi connectivity index (χ1) is 9.63. The Morgan fingerprint density at radius 3 is 2.90 bits per heavy atom. The summed E-state index contributed by atoms with van der Waals surface area (Å²) in [4.78, 5) is 12.1. The summed E-state index contributed by atoms with van der Waals surface area (Å²) in [5.41, 5.74) is 7.18. The zero-order valence-corrected chi connectivity index (χ0v) is 11.8. The van der Waals surface area contributed by atoms with E-state index in [-0.39, 0.29) is 24.5 Å². The number of amides is 1. The number of carbonyl (C=O) groups is 1. The second-order valence-electron chi connectivity index (χ2n) is 5.17. The van der Waals surface area contributed by atoms with Crippen LogP contribution in [0.1, 0.15) is 31.7 Å². The molecule has 5 nitrogen and oxygen atoms in total. The van der Waals surface area contributed by atoms with Crippen LogP contribution in [0.5, 0.6) is 5.75 Å². The number of nitrogens with two attached hydrogens (primary N) is 1. The zero-order chi connectivity index (χ0) is 14.5. The average molecular weight is 278 g/mol. The summed E-state index contributed by atoms with van der Waals surface area (Å²) in [7, 11) is 0. The number of anilines is 1. The third-order valence-corrected chi connectivity index (χ3v) is 3.64. The molecule has 0 spiro atoms. The Kier molecular flexibility index (Phi) is 4.98. The van der Waals surface area contributed by atoms with Gasteiger partial charge in [0.2, 0.25) is 5.91 Å². The third-order valence-electron chi connectivity index (χ3n) is 3.64. The largest absolute Gasteiger partial charge is 0.494 e. The minimum atomic E-state index is -0.118. The van der Waals surface area contributed by atoms with Crippen molar-refractivity contribution in [3.8, 4) is 5.75 Å². The average Bonchev–Trinajstić information content (AvgIpc) is 2.87. The molecule has 5 heteroatoms. The highest BCUT2D eigenvalue weighted by atomic mass is 16.5. The molecule has 110 valence electrons. The molecule has 2 atom stereocenters. The van der Waals surface area contributed by atoms with Crippen molar-refractivity contribution in [2.24, 2.45) is 11.7 Å². The number of carbonyl (C=O) groups excluding carboxylic acids is 1. The van der Waals surface area contributed by atoms with Crippen molar-refractivity contribution in [2.45, 2.75) is 38.8 Å². The number of aliphatic hydroxyl groups excluding tert-OH is 1. The van der Waals surface area contributed by atoms with Gasteiger partial charge in [-0.25, -0.2) is 0 Å². The van der Waals surface area contributed by atoms with Gasteiger partial charge in [0.1, 0.15) is 5.75 Å². The Labute approximate surface area is 119 Å². The minimum Gasteiger partial charge on any atom is -0.494 e. The first-order valence-electron chi connectivity index (χ1n) is 7.07. The van der Waals surface area contributed by atoms with Gasteiger partial charge in [-0.3, -0.25) is 4.79 Å². The fourth-order valence-corrected chi connectivity index (χ4v) is 2.58. The van der Waals surface area contributed by atoms with Crippen LogP contribution in [0.3, 0.4) is 0 Å². The molecular weight excluding hydrogens is 256 g/mol. The van der Waals surface area contributed by atoms with E-state index in [0.717, 1.165) is 19.3 Å².